The first-order valence-corrected chi connectivity index (χ1v) is 9.24. The van der Waals surface area contributed by atoms with Gasteiger partial charge in [0.05, 0.1) is 6.54 Å². The average molecular weight is 305 g/mol. The molecule has 1 saturated heterocycles. The van der Waals surface area contributed by atoms with Gasteiger partial charge < -0.3 is 0 Å². The molecule has 0 spiro atoms. The van der Waals surface area contributed by atoms with Crippen molar-refractivity contribution in [3.63, 3.8) is 0 Å². The lowest BCUT2D eigenvalue weighted by atomic mass is 9.74. The summed E-state index contributed by atoms with van der Waals surface area (Å²) >= 11 is 1.71. The molecule has 0 unspecified atom stereocenters. The molecule has 0 N–H and O–H groups in total. The highest BCUT2D eigenvalue weighted by atomic mass is 32.2. The maximum Gasteiger partial charge on any atom is 0.176 e. The van der Waals surface area contributed by atoms with Gasteiger partial charge in [-0.2, -0.15) is 0 Å². The van der Waals surface area contributed by atoms with Crippen LogP contribution in [0.4, 0.5) is 0 Å². The Kier molecular flexibility index (Phi) is 5.88. The summed E-state index contributed by atoms with van der Waals surface area (Å²) in [4.78, 5) is 15.9. The largest absolute Gasteiger partial charge is 0.296 e. The predicted octanol–water partition coefficient (Wildman–Crippen LogP) is 4.49. The molecule has 1 aromatic rings. The first-order valence-electron chi connectivity index (χ1n) is 8.02. The molecule has 0 aromatic heterocycles. The Morgan fingerprint density at radius 1 is 1.14 bits per heavy atom. The first kappa shape index (κ1) is 16.6. The molecule has 2 nitrogen and oxygen atoms in total. The SMILES string of the molecule is CCC1(CC)CCN(CC(=O)c2ccc(SC)cc2)CC1. The van der Waals surface area contributed by atoms with Crippen molar-refractivity contribution in [3.8, 4) is 0 Å². The zero-order chi connectivity index (χ0) is 15.3. The lowest BCUT2D eigenvalue weighted by molar-refractivity contribution is 0.0756. The van der Waals surface area contributed by atoms with Crippen LogP contribution in [0.1, 0.15) is 49.9 Å². The molecule has 1 aliphatic heterocycles. The second kappa shape index (κ2) is 7.46. The molecule has 0 radical (unpaired) electrons. The van der Waals surface area contributed by atoms with Crippen molar-refractivity contribution in [1.82, 2.24) is 4.90 Å². The van der Waals surface area contributed by atoms with Gasteiger partial charge in [-0.05, 0) is 49.7 Å². The van der Waals surface area contributed by atoms with Gasteiger partial charge in [-0.15, -0.1) is 11.8 Å². The molecule has 1 heterocycles. The molecule has 1 aliphatic rings. The summed E-state index contributed by atoms with van der Waals surface area (Å²) < 4.78 is 0. The van der Waals surface area contributed by atoms with Crippen LogP contribution in [-0.4, -0.2) is 36.6 Å². The quantitative estimate of drug-likeness (QED) is 0.570. The van der Waals surface area contributed by atoms with E-state index < -0.39 is 0 Å². The van der Waals surface area contributed by atoms with Gasteiger partial charge in [-0.3, -0.25) is 9.69 Å². The van der Waals surface area contributed by atoms with E-state index in [9.17, 15) is 4.79 Å². The third-order valence-electron chi connectivity index (χ3n) is 5.20. The number of rotatable bonds is 6. The summed E-state index contributed by atoms with van der Waals surface area (Å²) in [5.41, 5.74) is 1.37. The number of hydrogen-bond acceptors (Lipinski definition) is 3. The fraction of sp³-hybridized carbons (Fsp3) is 0.611. The second-order valence-corrected chi connectivity index (χ2v) is 7.01. The van der Waals surface area contributed by atoms with Crippen LogP contribution in [0, 0.1) is 5.41 Å². The first-order chi connectivity index (χ1) is 10.1. The van der Waals surface area contributed by atoms with Gasteiger partial charge in [0.25, 0.3) is 0 Å². The highest BCUT2D eigenvalue weighted by molar-refractivity contribution is 7.98. The zero-order valence-corrected chi connectivity index (χ0v) is 14.3. The second-order valence-electron chi connectivity index (χ2n) is 6.13. The molecule has 0 amide bonds. The maximum atomic E-state index is 12.4. The third-order valence-corrected chi connectivity index (χ3v) is 5.94. The molecule has 3 heteroatoms. The van der Waals surface area contributed by atoms with Crippen LogP contribution >= 0.6 is 11.8 Å². The number of nitrogens with zero attached hydrogens (tertiary/aromatic N) is 1. The molecule has 2 rings (SSSR count). The Labute approximate surface area is 133 Å². The van der Waals surface area contributed by atoms with Crippen molar-refractivity contribution < 1.29 is 4.79 Å². The van der Waals surface area contributed by atoms with Crippen molar-refractivity contribution in [3.05, 3.63) is 29.8 Å². The standard InChI is InChI=1S/C18H27NOS/c1-4-18(5-2)10-12-19(13-11-18)14-17(20)15-6-8-16(21-3)9-7-15/h6-9H,4-5,10-14H2,1-3H3. The third kappa shape index (κ3) is 4.10. The van der Waals surface area contributed by atoms with Crippen LogP contribution < -0.4 is 0 Å². The smallest absolute Gasteiger partial charge is 0.176 e. The number of carbonyl (C=O) groups is 1. The minimum atomic E-state index is 0.253. The minimum absolute atomic E-state index is 0.253. The minimum Gasteiger partial charge on any atom is -0.296 e. The van der Waals surface area contributed by atoms with Gasteiger partial charge >= 0.3 is 0 Å². The number of hydrogen-bond donors (Lipinski definition) is 0. The molecule has 1 aromatic carbocycles. The normalized spacial score (nSPS) is 18.6. The molecule has 1 fully saturated rings. The number of thioether (sulfide) groups is 1. The molecule has 21 heavy (non-hydrogen) atoms. The summed E-state index contributed by atoms with van der Waals surface area (Å²) in [7, 11) is 0. The van der Waals surface area contributed by atoms with Crippen LogP contribution in [0.25, 0.3) is 0 Å². The Morgan fingerprint density at radius 2 is 1.71 bits per heavy atom. The lowest BCUT2D eigenvalue weighted by Crippen LogP contribution is -2.41. The molecule has 116 valence electrons. The molecule has 0 bridgehead atoms. The zero-order valence-electron chi connectivity index (χ0n) is 13.5. The van der Waals surface area contributed by atoms with Crippen LogP contribution in [0.2, 0.25) is 0 Å². The van der Waals surface area contributed by atoms with Crippen molar-refractivity contribution in [2.45, 2.75) is 44.4 Å². The van der Waals surface area contributed by atoms with Gasteiger partial charge in [0, 0.05) is 10.5 Å². The number of benzene rings is 1. The van der Waals surface area contributed by atoms with Gasteiger partial charge in [0.15, 0.2) is 5.78 Å². The average Bonchev–Trinajstić information content (AvgIpc) is 2.56. The predicted molar refractivity (Wildman–Crippen MR) is 91.2 cm³/mol. The molecule has 0 saturated carbocycles. The molecular formula is C18H27NOS. The van der Waals surface area contributed by atoms with Crippen molar-refractivity contribution in [2.24, 2.45) is 5.41 Å². The summed E-state index contributed by atoms with van der Waals surface area (Å²) in [5, 5.41) is 0. The lowest BCUT2D eigenvalue weighted by Gasteiger charge is -2.40. The summed E-state index contributed by atoms with van der Waals surface area (Å²) in [5.74, 6) is 0.253. The fourth-order valence-electron chi connectivity index (χ4n) is 3.21. The van der Waals surface area contributed by atoms with E-state index >= 15 is 0 Å². The Balaban J connectivity index is 1.89. The van der Waals surface area contributed by atoms with E-state index in [1.807, 2.05) is 24.3 Å². The van der Waals surface area contributed by atoms with Crippen LogP contribution in [0.3, 0.4) is 0 Å². The van der Waals surface area contributed by atoms with Crippen LogP contribution in [0.15, 0.2) is 29.2 Å². The number of likely N-dealkylation sites (tertiary alicyclic amines) is 1. The van der Waals surface area contributed by atoms with E-state index in [1.54, 1.807) is 11.8 Å². The summed E-state index contributed by atoms with van der Waals surface area (Å²) in [6.45, 7) is 7.31. The van der Waals surface area contributed by atoms with E-state index in [4.69, 9.17) is 0 Å². The van der Waals surface area contributed by atoms with Gasteiger partial charge in [-0.1, -0.05) is 38.8 Å². The Hall–Kier alpha value is -0.800. The number of piperidine rings is 1. The monoisotopic (exact) mass is 305 g/mol. The van der Waals surface area contributed by atoms with E-state index in [0.29, 0.717) is 12.0 Å². The topological polar surface area (TPSA) is 20.3 Å². The van der Waals surface area contributed by atoms with Gasteiger partial charge in [0.1, 0.15) is 0 Å². The summed E-state index contributed by atoms with van der Waals surface area (Å²) in [6, 6.07) is 7.99. The van der Waals surface area contributed by atoms with Crippen molar-refractivity contribution >= 4 is 17.5 Å². The molecule has 0 aliphatic carbocycles. The van der Waals surface area contributed by atoms with E-state index in [2.05, 4.69) is 25.0 Å². The Morgan fingerprint density at radius 3 is 2.19 bits per heavy atom. The van der Waals surface area contributed by atoms with Crippen LogP contribution in [-0.2, 0) is 0 Å². The fourth-order valence-corrected chi connectivity index (χ4v) is 3.62. The molecular weight excluding hydrogens is 278 g/mol. The number of Topliss-reactive ketones (excluding diaryl/α,β-unsaturated/α-hetero) is 1. The highest BCUT2D eigenvalue weighted by Crippen LogP contribution is 2.37. The van der Waals surface area contributed by atoms with Crippen molar-refractivity contribution in [2.75, 3.05) is 25.9 Å². The molecule has 0 atom stereocenters. The van der Waals surface area contributed by atoms with E-state index in [0.717, 1.165) is 18.7 Å². The Bertz CT molecular complexity index is 455. The van der Waals surface area contributed by atoms with E-state index in [-0.39, 0.29) is 5.78 Å². The number of ketones is 1. The summed E-state index contributed by atoms with van der Waals surface area (Å²) in [6.07, 6.45) is 7.05. The number of carbonyl (C=O) groups excluding carboxylic acids is 1. The van der Waals surface area contributed by atoms with Crippen molar-refractivity contribution in [1.29, 1.82) is 0 Å². The van der Waals surface area contributed by atoms with Gasteiger partial charge in [0.2, 0.25) is 0 Å². The van der Waals surface area contributed by atoms with E-state index in [1.165, 1.54) is 30.6 Å². The maximum absolute atomic E-state index is 12.4. The highest BCUT2D eigenvalue weighted by Gasteiger charge is 2.31. The van der Waals surface area contributed by atoms with Gasteiger partial charge in [-0.25, -0.2) is 0 Å². The van der Waals surface area contributed by atoms with Crippen LogP contribution in [0.5, 0.6) is 0 Å².